The van der Waals surface area contributed by atoms with E-state index >= 15 is 4.39 Å². The number of ketones is 1. The molecule has 1 saturated heterocycles. The lowest BCUT2D eigenvalue weighted by Crippen LogP contribution is -2.45. The van der Waals surface area contributed by atoms with Crippen molar-refractivity contribution >= 4 is 23.2 Å². The highest BCUT2D eigenvalue weighted by Gasteiger charge is 2.40. The zero-order valence-electron chi connectivity index (χ0n) is 23.1. The average Bonchev–Trinajstić information content (AvgIpc) is 3.35. The van der Waals surface area contributed by atoms with Gasteiger partial charge in [0.2, 0.25) is 5.28 Å². The molecule has 1 aliphatic carbocycles. The number of ether oxygens (including phenoxy) is 3. The molecule has 2 aromatic rings. The minimum atomic E-state index is -1.65. The van der Waals surface area contributed by atoms with Crippen molar-refractivity contribution in [2.75, 3.05) is 39.4 Å². The van der Waals surface area contributed by atoms with Crippen molar-refractivity contribution < 1.29 is 23.4 Å². The van der Waals surface area contributed by atoms with Crippen LogP contribution in [0.2, 0.25) is 5.28 Å². The van der Waals surface area contributed by atoms with E-state index in [0.29, 0.717) is 43.9 Å². The average molecular weight is 560 g/mol. The molecule has 1 aromatic carbocycles. The summed E-state index contributed by atoms with van der Waals surface area (Å²) in [5, 5.41) is 3.67. The number of anilines is 1. The summed E-state index contributed by atoms with van der Waals surface area (Å²) in [6, 6.07) is 7.29. The molecule has 0 spiro atoms. The smallest absolute Gasteiger partial charge is 0.224 e. The summed E-state index contributed by atoms with van der Waals surface area (Å²) in [5.41, 5.74) is 1.03. The number of alkyl halides is 1. The number of carbonyl (C=O) groups excluding carboxylic acids is 1. The van der Waals surface area contributed by atoms with E-state index in [2.05, 4.69) is 21.9 Å². The van der Waals surface area contributed by atoms with Crippen LogP contribution in [0.5, 0.6) is 0 Å². The van der Waals surface area contributed by atoms with Gasteiger partial charge in [0.25, 0.3) is 0 Å². The molecule has 2 heterocycles. The summed E-state index contributed by atoms with van der Waals surface area (Å²) in [7, 11) is 3.11. The Labute approximate surface area is 235 Å². The molecule has 0 saturated carbocycles. The van der Waals surface area contributed by atoms with Gasteiger partial charge < -0.3 is 19.5 Å². The predicted molar refractivity (Wildman–Crippen MR) is 150 cm³/mol. The van der Waals surface area contributed by atoms with Crippen LogP contribution in [-0.2, 0) is 37.5 Å². The van der Waals surface area contributed by atoms with Gasteiger partial charge in [-0.2, -0.15) is 0 Å². The molecule has 0 amide bonds. The van der Waals surface area contributed by atoms with Crippen LogP contribution in [-0.4, -0.2) is 55.4 Å². The van der Waals surface area contributed by atoms with E-state index in [1.165, 1.54) is 7.11 Å². The van der Waals surface area contributed by atoms with Crippen LogP contribution in [0.25, 0.3) is 0 Å². The van der Waals surface area contributed by atoms with Gasteiger partial charge in [0.1, 0.15) is 11.4 Å². The number of carbonyl (C=O) groups is 1. The summed E-state index contributed by atoms with van der Waals surface area (Å²) >= 11 is 6.31. The quantitative estimate of drug-likeness (QED) is 0.240. The SMILES string of the molecule is C=CCC(F)(COC)c1cccc([C@@H](C)Nc2nc(Cl)nc3c2CC(CCC(=O)C2(OC)CCOCC2)C3)c1. The van der Waals surface area contributed by atoms with E-state index in [1.54, 1.807) is 19.3 Å². The molecule has 1 aliphatic heterocycles. The molecule has 1 N–H and O–H groups in total. The van der Waals surface area contributed by atoms with Crippen molar-refractivity contribution in [2.24, 2.45) is 5.92 Å². The minimum Gasteiger partial charge on any atom is -0.381 e. The van der Waals surface area contributed by atoms with Gasteiger partial charge in [-0.1, -0.05) is 30.3 Å². The number of halogens is 2. The molecule has 7 nitrogen and oxygen atoms in total. The van der Waals surface area contributed by atoms with Crippen LogP contribution in [0.15, 0.2) is 36.9 Å². The van der Waals surface area contributed by atoms with Gasteiger partial charge in [0.15, 0.2) is 11.5 Å². The van der Waals surface area contributed by atoms with Crippen LogP contribution in [0.3, 0.4) is 0 Å². The number of hydrogen-bond donors (Lipinski definition) is 1. The number of nitrogens with zero attached hydrogens (tertiary/aromatic N) is 2. The van der Waals surface area contributed by atoms with Gasteiger partial charge in [-0.3, -0.25) is 4.79 Å². The molecule has 1 aromatic heterocycles. The standard InChI is InChI=1S/C30H39ClFN3O4/c1-5-11-29(32,19-37-3)23-8-6-7-22(18-23)20(2)33-27-24-16-21(17-25(24)34-28(31)35-27)9-10-26(36)30(38-4)12-14-39-15-13-30/h5-8,18,20-21H,1,9-17,19H2,2-4H3,(H,33,34,35)/t20-,21?,29?/m1/s1. The van der Waals surface area contributed by atoms with E-state index in [0.717, 1.165) is 36.1 Å². The first-order chi connectivity index (χ1) is 18.7. The van der Waals surface area contributed by atoms with Crippen molar-refractivity contribution in [1.82, 2.24) is 9.97 Å². The lowest BCUT2D eigenvalue weighted by molar-refractivity contribution is -0.153. The third-order valence-corrected chi connectivity index (χ3v) is 8.29. The first-order valence-corrected chi connectivity index (χ1v) is 14.0. The van der Waals surface area contributed by atoms with Gasteiger partial charge in [0, 0.05) is 64.7 Å². The fraction of sp³-hybridized carbons (Fsp3) is 0.567. The Morgan fingerprint density at radius 3 is 2.79 bits per heavy atom. The van der Waals surface area contributed by atoms with Crippen LogP contribution >= 0.6 is 11.6 Å². The summed E-state index contributed by atoms with van der Waals surface area (Å²) in [4.78, 5) is 22.1. The molecule has 39 heavy (non-hydrogen) atoms. The van der Waals surface area contributed by atoms with Crippen molar-refractivity contribution in [2.45, 2.75) is 69.2 Å². The van der Waals surface area contributed by atoms with E-state index in [1.807, 2.05) is 25.1 Å². The molecule has 0 bridgehead atoms. The van der Waals surface area contributed by atoms with E-state index in [4.69, 9.17) is 25.8 Å². The number of rotatable bonds is 13. The zero-order valence-corrected chi connectivity index (χ0v) is 23.9. The second kappa shape index (κ2) is 12.9. The number of nitrogens with one attached hydrogen (secondary N) is 1. The van der Waals surface area contributed by atoms with E-state index < -0.39 is 11.3 Å². The third kappa shape index (κ3) is 6.68. The number of benzene rings is 1. The third-order valence-electron chi connectivity index (χ3n) is 8.12. The lowest BCUT2D eigenvalue weighted by Gasteiger charge is -2.34. The normalized spacial score (nSPS) is 20.6. The minimum absolute atomic E-state index is 0.0531. The van der Waals surface area contributed by atoms with Crippen LogP contribution in [0.1, 0.15) is 67.5 Å². The zero-order chi connectivity index (χ0) is 28.0. The Balaban J connectivity index is 1.45. The second-order valence-corrected chi connectivity index (χ2v) is 11.0. The molecule has 9 heteroatoms. The van der Waals surface area contributed by atoms with Crippen LogP contribution < -0.4 is 5.32 Å². The van der Waals surface area contributed by atoms with E-state index in [9.17, 15) is 4.79 Å². The fourth-order valence-corrected chi connectivity index (χ4v) is 5.98. The van der Waals surface area contributed by atoms with Crippen molar-refractivity contribution in [3.05, 3.63) is 64.6 Å². The van der Waals surface area contributed by atoms with Crippen LogP contribution in [0, 0.1) is 5.92 Å². The predicted octanol–water partition coefficient (Wildman–Crippen LogP) is 5.95. The molecule has 3 atom stereocenters. The van der Waals surface area contributed by atoms with Gasteiger partial charge >= 0.3 is 0 Å². The number of Topliss-reactive ketones (excluding diaryl/α,β-unsaturated/α-hetero) is 1. The molecule has 212 valence electrons. The Bertz CT molecular complexity index is 1170. The summed E-state index contributed by atoms with van der Waals surface area (Å²) in [5.74, 6) is 1.10. The Kier molecular flexibility index (Phi) is 9.75. The maximum atomic E-state index is 15.7. The first kappa shape index (κ1) is 29.6. The summed E-state index contributed by atoms with van der Waals surface area (Å²) in [6.45, 7) is 6.75. The molecular weight excluding hydrogens is 521 g/mol. The summed E-state index contributed by atoms with van der Waals surface area (Å²) in [6.07, 6.45) is 5.64. The number of methoxy groups -OCH3 is 2. The van der Waals surface area contributed by atoms with Gasteiger partial charge in [0.05, 0.1) is 12.3 Å². The highest BCUT2D eigenvalue weighted by atomic mass is 35.5. The highest BCUT2D eigenvalue weighted by Crippen LogP contribution is 2.37. The molecule has 1 fully saturated rings. The van der Waals surface area contributed by atoms with Crippen molar-refractivity contribution in [3.63, 3.8) is 0 Å². The van der Waals surface area contributed by atoms with Gasteiger partial charge in [-0.05, 0) is 54.8 Å². The summed E-state index contributed by atoms with van der Waals surface area (Å²) < 4.78 is 31.9. The number of aromatic nitrogens is 2. The lowest BCUT2D eigenvalue weighted by atomic mass is 9.85. The van der Waals surface area contributed by atoms with E-state index in [-0.39, 0.29) is 36.1 Å². The molecular formula is C30H39ClFN3O4. The largest absolute Gasteiger partial charge is 0.381 e. The number of allylic oxidation sites excluding steroid dienone is 1. The number of fused-ring (bicyclic) bond motifs is 1. The van der Waals surface area contributed by atoms with Crippen LogP contribution in [0.4, 0.5) is 10.2 Å². The van der Waals surface area contributed by atoms with Gasteiger partial charge in [-0.25, -0.2) is 14.4 Å². The maximum Gasteiger partial charge on any atom is 0.224 e. The Morgan fingerprint density at radius 1 is 1.33 bits per heavy atom. The maximum absolute atomic E-state index is 15.7. The topological polar surface area (TPSA) is 82.6 Å². The monoisotopic (exact) mass is 559 g/mol. The Hall–Kier alpha value is -2.39. The highest BCUT2D eigenvalue weighted by molar-refractivity contribution is 6.28. The molecule has 0 radical (unpaired) electrons. The Morgan fingerprint density at radius 2 is 2.10 bits per heavy atom. The van der Waals surface area contributed by atoms with Crippen molar-refractivity contribution in [3.8, 4) is 0 Å². The van der Waals surface area contributed by atoms with Gasteiger partial charge in [-0.15, -0.1) is 6.58 Å². The first-order valence-electron chi connectivity index (χ1n) is 13.6. The molecule has 2 aliphatic rings. The number of hydrogen-bond acceptors (Lipinski definition) is 7. The fourth-order valence-electron chi connectivity index (χ4n) is 5.80. The second-order valence-electron chi connectivity index (χ2n) is 10.7. The molecule has 2 unspecified atom stereocenters. The van der Waals surface area contributed by atoms with Crippen molar-refractivity contribution in [1.29, 1.82) is 0 Å². The molecule has 4 rings (SSSR count).